The fraction of sp³-hybridized carbons (Fsp3) is 0.333. The fourth-order valence-electron chi connectivity index (χ4n) is 5.36. The van der Waals surface area contributed by atoms with Crippen molar-refractivity contribution in [3.63, 3.8) is 0 Å². The first-order valence-electron chi connectivity index (χ1n) is 24.5. The second-order valence-corrected chi connectivity index (χ2v) is 28.5. The van der Waals surface area contributed by atoms with Gasteiger partial charge in [0.15, 0.2) is 81.9 Å². The molecule has 8 aromatic rings. The summed E-state index contributed by atoms with van der Waals surface area (Å²) in [5.41, 5.74) is 1.99. The minimum absolute atomic E-state index is 0.0208. The number of nitrogen functional groups attached to an aromatic ring is 1. The average Bonchev–Trinajstić information content (AvgIpc) is 1.66. The lowest BCUT2D eigenvalue weighted by molar-refractivity contribution is 0.0587. The van der Waals surface area contributed by atoms with Crippen LogP contribution in [0.25, 0.3) is 0 Å². The summed E-state index contributed by atoms with van der Waals surface area (Å²) in [4.78, 5) is 76.8. The molecule has 40 nitrogen and oxygen atoms in total. The number of aromatic nitrogens is 7. The normalized spacial score (nSPS) is 10.9. The van der Waals surface area contributed by atoms with Gasteiger partial charge in [0.05, 0.1) is 63.7 Å². The predicted octanol–water partition coefficient (Wildman–Crippen LogP) is 4.29. The van der Waals surface area contributed by atoms with Gasteiger partial charge >= 0.3 is 30.1 Å². The van der Waals surface area contributed by atoms with E-state index in [1.165, 1.54) is 52.5 Å². The molecule has 0 unspecified atom stereocenters. The Balaban J connectivity index is 0.000000385. The number of hydrogen-bond donors (Lipinski definition) is 12. The van der Waals surface area contributed by atoms with Crippen LogP contribution >= 0.6 is 80.7 Å². The number of nitrogens with one attached hydrogen (secondary N) is 3. The summed E-state index contributed by atoms with van der Waals surface area (Å²) in [6.45, 7) is 12.3. The van der Waals surface area contributed by atoms with Crippen LogP contribution in [0.3, 0.4) is 0 Å². The minimum atomic E-state index is -4.12. The maximum atomic E-state index is 11.6. The molecule has 1 aromatic carbocycles. The number of esters is 1. The molecular weight excluding hydrogens is 1470 g/mol. The van der Waals surface area contributed by atoms with Crippen LogP contribution in [-0.4, -0.2) is 165 Å². The number of ether oxygens (including phenoxy) is 8. The first kappa shape index (κ1) is 82.3. The van der Waals surface area contributed by atoms with E-state index in [0.29, 0.717) is 57.7 Å². The molecule has 0 aliphatic rings. The second kappa shape index (κ2) is 36.2. The molecule has 8 rings (SSSR count). The maximum Gasteiger partial charge on any atom is 0.413 e. The molecule has 0 saturated carbocycles. The molecule has 524 valence electrons. The number of nitrogens with zero attached hydrogens (tertiary/aromatic N) is 7. The largest absolute Gasteiger partial charge is 0.505 e. The Kier molecular flexibility index (Phi) is 31.3. The van der Waals surface area contributed by atoms with Gasteiger partial charge in [-0.15, -0.1) is 0 Å². The Hall–Kier alpha value is -8.83. The van der Waals surface area contributed by atoms with Gasteiger partial charge in [0.1, 0.15) is 16.9 Å². The Morgan fingerprint density at radius 3 is 1.33 bits per heavy atom. The summed E-state index contributed by atoms with van der Waals surface area (Å²) >= 11 is 5.94. The summed E-state index contributed by atoms with van der Waals surface area (Å²) in [7, 11) is -4.99. The number of sulfonamides is 3. The molecule has 0 bridgehead atoms. The van der Waals surface area contributed by atoms with Crippen LogP contribution < -0.4 is 71.6 Å². The lowest BCUT2D eigenvalue weighted by atomic mass is 10.2. The molecule has 0 aliphatic carbocycles. The number of carbonyl (C=O) groups excluding carboxylic acids is 3. The number of nitrogens with two attached hydrogens (primary N) is 4. The van der Waals surface area contributed by atoms with E-state index in [-0.39, 0.29) is 68.3 Å². The molecule has 7 aromatic heterocycles. The Bertz CT molecular complexity index is 4320. The molecule has 2 amide bonds. The van der Waals surface area contributed by atoms with Crippen LogP contribution in [0.4, 0.5) is 38.5 Å². The monoisotopic (exact) mass is 1530 g/mol. The highest BCUT2D eigenvalue weighted by Gasteiger charge is 2.29. The van der Waals surface area contributed by atoms with Crippen molar-refractivity contribution in [1.29, 1.82) is 0 Å². The van der Waals surface area contributed by atoms with Gasteiger partial charge in [-0.05, 0) is 129 Å². The number of amides is 2. The molecule has 0 saturated heterocycles. The van der Waals surface area contributed by atoms with Gasteiger partial charge < -0.3 is 74.5 Å². The number of anilines is 5. The summed E-state index contributed by atoms with van der Waals surface area (Å²) in [5, 5.41) is 71.9. The van der Waals surface area contributed by atoms with E-state index in [1.54, 1.807) is 64.6 Å². The van der Waals surface area contributed by atoms with E-state index < -0.39 is 102 Å². The van der Waals surface area contributed by atoms with Crippen LogP contribution in [0.5, 0.6) is 46.0 Å². The third-order valence-corrected chi connectivity index (χ3v) is 18.4. The Morgan fingerprint density at radius 2 is 0.947 bits per heavy atom. The van der Waals surface area contributed by atoms with Crippen molar-refractivity contribution < 1.29 is 113 Å². The van der Waals surface area contributed by atoms with E-state index in [2.05, 4.69) is 51.3 Å². The third-order valence-electron chi connectivity index (χ3n) is 9.14. The third kappa shape index (κ3) is 25.8. The molecule has 0 fully saturated rings. The van der Waals surface area contributed by atoms with E-state index in [0.717, 1.165) is 34.6 Å². The van der Waals surface area contributed by atoms with E-state index in [4.69, 9.17) is 74.7 Å². The van der Waals surface area contributed by atoms with Gasteiger partial charge in [0.25, 0.3) is 40.9 Å². The Labute approximate surface area is 565 Å². The molecule has 16 N–H and O–H groups in total. The molecule has 50 heteroatoms. The number of hydrogen-bond acceptors (Lipinski definition) is 40. The SMILES string of the molecule is CCOc1c(Nc2nsc(S(N)(=O)=O)c2O)c(=O)c1=O.COC(=O)c1nscc1OC.COc1c(NC(=O)OC(C)(C)C)nsc1S(N)(=O)=O.COc1csnc1C(=O)O.COc1csnc1NC(=O)OC(C)(C)C.Nc1nsc(S(N)(=O)=O)c1O.O=C(O)c1nscc1O. The maximum absolute atomic E-state index is 11.6. The second-order valence-electron chi connectivity index (χ2n) is 18.4. The van der Waals surface area contributed by atoms with Crippen LogP contribution in [0, 0.1) is 0 Å². The molecule has 7 heterocycles. The van der Waals surface area contributed by atoms with Gasteiger partial charge in [-0.1, -0.05) is 0 Å². The van der Waals surface area contributed by atoms with Crippen molar-refractivity contribution in [2.45, 2.75) is 72.3 Å². The fourth-order valence-corrected chi connectivity index (χ4v) is 12.0. The standard InChI is InChI=1S/C9H9N3O6S2.C9H15N3O5S2.C9H14N2O3S.C6H7NO3S.C5H5NO3S.C4H3NO3S.C3H5N3O3S2/c1-2-18-7-3(4(13)5(7)14)11-8-6(15)9(19-12-8)20(10,16)17;1-9(2,3)17-8(13)11-6-5(16-4)7(18-12-6)19(10,14)15;1-9(2,3)14-8(12)10-7-6(13-4)5-15-11-7;1-9-4-3-11-7-5(4)6(8)10-2;1-9-3-2-10-6-4(3)5(7)8;6-2-1-9-5-3(2)4(7)8;4-2-1(7)3(10-6-2)11(5,8)9/h15H,2H2,1H3,(H,11,12)(H2,10,16,17);1-4H3,(H2,10,14,15)(H,11,12,13);5H,1-4H3,(H,10,11,12);3H,1-2H3;2H,1H3,(H,7,8);1,6H,(H,7,8);7H,(H2,4,6)(H2,5,8,9). The molecule has 95 heavy (non-hydrogen) atoms. The van der Waals surface area contributed by atoms with E-state index in [1.807, 2.05) is 0 Å². The van der Waals surface area contributed by atoms with Crippen molar-refractivity contribution in [2.24, 2.45) is 15.4 Å². The predicted molar refractivity (Wildman–Crippen MR) is 345 cm³/mol. The van der Waals surface area contributed by atoms with Crippen molar-refractivity contribution in [3.8, 4) is 46.0 Å². The van der Waals surface area contributed by atoms with Gasteiger partial charge in [-0.2, -0.15) is 30.6 Å². The van der Waals surface area contributed by atoms with Crippen LogP contribution in [0.2, 0.25) is 0 Å². The van der Waals surface area contributed by atoms with Crippen molar-refractivity contribution in [3.05, 3.63) is 59.0 Å². The number of carboxylic acid groups (broad SMARTS) is 2. The number of rotatable bonds is 16. The number of aromatic carboxylic acids is 2. The van der Waals surface area contributed by atoms with Crippen LogP contribution in [0.15, 0.2) is 43.7 Å². The Morgan fingerprint density at radius 1 is 0.526 bits per heavy atom. The first-order chi connectivity index (χ1) is 43.9. The highest BCUT2D eigenvalue weighted by atomic mass is 32.3. The van der Waals surface area contributed by atoms with E-state index >= 15 is 0 Å². The first-order valence-corrected chi connectivity index (χ1v) is 34.8. The number of carbonyl (C=O) groups is 5. The van der Waals surface area contributed by atoms with Gasteiger partial charge in [-0.3, -0.25) is 20.2 Å². The zero-order chi connectivity index (χ0) is 72.7. The number of primary sulfonamides is 3. The summed E-state index contributed by atoms with van der Waals surface area (Å²) in [6, 6.07) is 0. The highest BCUT2D eigenvalue weighted by Crippen LogP contribution is 2.37. The van der Waals surface area contributed by atoms with Crippen molar-refractivity contribution >= 4 is 170 Å². The summed E-state index contributed by atoms with van der Waals surface area (Å²) < 4.78 is 129. The average molecular weight is 1530 g/mol. The molecule has 0 atom stereocenters. The van der Waals surface area contributed by atoms with Gasteiger partial charge in [0.2, 0.25) is 17.1 Å². The topological polar surface area (TPSA) is 627 Å². The smallest absolute Gasteiger partial charge is 0.413 e. The summed E-state index contributed by atoms with van der Waals surface area (Å²) in [5.74, 6) is -3.44. The van der Waals surface area contributed by atoms with Crippen LogP contribution in [0.1, 0.15) is 79.9 Å². The minimum Gasteiger partial charge on any atom is -0.505 e. The molecule has 0 aliphatic heterocycles. The number of carboxylic acids is 2. The molecule has 0 spiro atoms. The van der Waals surface area contributed by atoms with Crippen molar-refractivity contribution in [1.82, 2.24) is 30.6 Å². The lowest BCUT2D eigenvalue weighted by Gasteiger charge is -2.19. The number of methoxy groups -OCH3 is 5. The van der Waals surface area contributed by atoms with Crippen molar-refractivity contribution in [2.75, 3.05) is 63.8 Å². The lowest BCUT2D eigenvalue weighted by Crippen LogP contribution is -2.35. The molecular formula is C45H58N14O26S10. The quantitative estimate of drug-likeness (QED) is 0.0364. The zero-order valence-electron chi connectivity index (χ0n) is 50.8. The highest BCUT2D eigenvalue weighted by molar-refractivity contribution is 7.92. The van der Waals surface area contributed by atoms with Gasteiger partial charge in [0, 0.05) is 0 Å². The van der Waals surface area contributed by atoms with E-state index in [9.17, 15) is 63.9 Å². The van der Waals surface area contributed by atoms with Gasteiger partial charge in [-0.25, -0.2) is 64.6 Å². The zero-order valence-corrected chi connectivity index (χ0v) is 59.0. The van der Waals surface area contributed by atoms with Crippen LogP contribution in [-0.2, 0) is 44.3 Å². The summed E-state index contributed by atoms with van der Waals surface area (Å²) in [6.07, 6.45) is -1.30. The molecule has 0 radical (unpaired) electrons. The number of aromatic hydroxyl groups is 3.